The average molecular weight is 322 g/mol. The number of hydrogen-bond acceptors (Lipinski definition) is 1. The van der Waals surface area contributed by atoms with Crippen molar-refractivity contribution in [3.63, 3.8) is 0 Å². The zero-order valence-electron chi connectivity index (χ0n) is 14.2. The van der Waals surface area contributed by atoms with Gasteiger partial charge in [0, 0.05) is 12.4 Å². The SMILES string of the molecule is [CH](c1ccncc1)C1CCc2c(ccc3c2ccc2ccccc23)C1. The number of benzene rings is 3. The fraction of sp³-hybridized carbons (Fsp3) is 0.167. The number of hydrogen-bond donors (Lipinski definition) is 0. The predicted molar refractivity (Wildman–Crippen MR) is 105 cm³/mol. The molecule has 0 amide bonds. The highest BCUT2D eigenvalue weighted by molar-refractivity contribution is 6.08. The minimum absolute atomic E-state index is 0.618. The van der Waals surface area contributed by atoms with Crippen LogP contribution in [0.5, 0.6) is 0 Å². The lowest BCUT2D eigenvalue weighted by Crippen LogP contribution is -2.15. The zero-order chi connectivity index (χ0) is 16.6. The summed E-state index contributed by atoms with van der Waals surface area (Å²) in [6.07, 6.45) is 9.69. The molecule has 1 heterocycles. The Morgan fingerprint density at radius 3 is 2.56 bits per heavy atom. The minimum atomic E-state index is 0.618. The van der Waals surface area contributed by atoms with E-state index in [-0.39, 0.29) is 0 Å². The van der Waals surface area contributed by atoms with Crippen LogP contribution in [0, 0.1) is 12.3 Å². The van der Waals surface area contributed by atoms with Crippen molar-refractivity contribution in [2.45, 2.75) is 19.3 Å². The number of rotatable bonds is 2. The Morgan fingerprint density at radius 1 is 0.800 bits per heavy atom. The van der Waals surface area contributed by atoms with Crippen LogP contribution < -0.4 is 0 Å². The highest BCUT2D eigenvalue weighted by Gasteiger charge is 2.21. The molecule has 1 aliphatic rings. The van der Waals surface area contributed by atoms with E-state index in [2.05, 4.69) is 72.1 Å². The molecule has 4 aromatic rings. The van der Waals surface area contributed by atoms with Crippen molar-refractivity contribution < 1.29 is 0 Å². The van der Waals surface area contributed by atoms with Crippen molar-refractivity contribution in [3.05, 3.63) is 96.2 Å². The first-order valence-corrected chi connectivity index (χ1v) is 9.05. The van der Waals surface area contributed by atoms with Crippen molar-refractivity contribution in [3.8, 4) is 0 Å². The summed E-state index contributed by atoms with van der Waals surface area (Å²) in [5.74, 6) is 0.618. The maximum Gasteiger partial charge on any atom is 0.0270 e. The van der Waals surface area contributed by atoms with E-state index in [9.17, 15) is 0 Å². The highest BCUT2D eigenvalue weighted by Crippen LogP contribution is 2.36. The summed E-state index contributed by atoms with van der Waals surface area (Å²) in [5.41, 5.74) is 4.36. The fourth-order valence-electron chi connectivity index (χ4n) is 4.29. The van der Waals surface area contributed by atoms with E-state index in [0.717, 1.165) is 12.8 Å². The van der Waals surface area contributed by atoms with Gasteiger partial charge in [0.25, 0.3) is 0 Å². The molecule has 1 radical (unpaired) electrons. The zero-order valence-corrected chi connectivity index (χ0v) is 14.2. The molecule has 121 valence electrons. The van der Waals surface area contributed by atoms with Crippen LogP contribution in [0.25, 0.3) is 21.5 Å². The van der Waals surface area contributed by atoms with Crippen LogP contribution in [0.3, 0.4) is 0 Å². The van der Waals surface area contributed by atoms with Gasteiger partial charge >= 0.3 is 0 Å². The molecule has 1 aromatic heterocycles. The van der Waals surface area contributed by atoms with Crippen LogP contribution in [-0.2, 0) is 12.8 Å². The molecule has 1 heteroatoms. The third-order valence-corrected chi connectivity index (χ3v) is 5.52. The van der Waals surface area contributed by atoms with E-state index in [1.165, 1.54) is 39.1 Å². The Labute approximate surface area is 148 Å². The normalized spacial score (nSPS) is 16.9. The molecule has 0 fully saturated rings. The lowest BCUT2D eigenvalue weighted by molar-refractivity contribution is 0.529. The Balaban J connectivity index is 1.53. The molecular formula is C24H20N. The molecule has 0 N–H and O–H groups in total. The number of aryl methyl sites for hydroxylation is 1. The maximum atomic E-state index is 4.11. The summed E-state index contributed by atoms with van der Waals surface area (Å²) in [5, 5.41) is 5.54. The molecule has 25 heavy (non-hydrogen) atoms. The third-order valence-electron chi connectivity index (χ3n) is 5.52. The topological polar surface area (TPSA) is 12.9 Å². The first kappa shape index (κ1) is 14.7. The lowest BCUT2D eigenvalue weighted by atomic mass is 9.79. The van der Waals surface area contributed by atoms with Gasteiger partial charge in [0.05, 0.1) is 0 Å². The van der Waals surface area contributed by atoms with Gasteiger partial charge in [0.1, 0.15) is 0 Å². The van der Waals surface area contributed by atoms with Crippen molar-refractivity contribution in [2.24, 2.45) is 5.92 Å². The monoisotopic (exact) mass is 322 g/mol. The van der Waals surface area contributed by atoms with Gasteiger partial charge in [-0.3, -0.25) is 4.98 Å². The van der Waals surface area contributed by atoms with Gasteiger partial charge in [-0.15, -0.1) is 0 Å². The molecule has 5 rings (SSSR count). The van der Waals surface area contributed by atoms with Gasteiger partial charge < -0.3 is 0 Å². The van der Waals surface area contributed by atoms with Crippen molar-refractivity contribution in [1.29, 1.82) is 0 Å². The van der Waals surface area contributed by atoms with Gasteiger partial charge in [0.2, 0.25) is 0 Å². The van der Waals surface area contributed by atoms with Gasteiger partial charge in [-0.05, 0) is 82.0 Å². The number of fused-ring (bicyclic) bond motifs is 5. The highest BCUT2D eigenvalue weighted by atomic mass is 14.6. The summed E-state index contributed by atoms with van der Waals surface area (Å²) in [4.78, 5) is 4.11. The number of pyridine rings is 1. The summed E-state index contributed by atoms with van der Waals surface area (Å²) >= 11 is 0. The van der Waals surface area contributed by atoms with E-state index >= 15 is 0 Å². The van der Waals surface area contributed by atoms with E-state index in [4.69, 9.17) is 0 Å². The Morgan fingerprint density at radius 2 is 1.64 bits per heavy atom. The molecule has 0 saturated heterocycles. The molecule has 0 bridgehead atoms. The summed E-state index contributed by atoms with van der Waals surface area (Å²) in [6, 6.07) is 22.2. The van der Waals surface area contributed by atoms with Crippen molar-refractivity contribution >= 4 is 21.5 Å². The second-order valence-corrected chi connectivity index (χ2v) is 7.04. The van der Waals surface area contributed by atoms with Gasteiger partial charge in [0.15, 0.2) is 0 Å². The average Bonchev–Trinajstić information content (AvgIpc) is 2.68. The summed E-state index contributed by atoms with van der Waals surface area (Å²) < 4.78 is 0. The van der Waals surface area contributed by atoms with Crippen molar-refractivity contribution in [1.82, 2.24) is 4.98 Å². The first-order valence-electron chi connectivity index (χ1n) is 9.05. The quantitative estimate of drug-likeness (QED) is 0.428. The molecule has 0 spiro atoms. The van der Waals surface area contributed by atoms with E-state index in [1.54, 1.807) is 5.56 Å². The largest absolute Gasteiger partial charge is 0.265 e. The number of nitrogens with zero attached hydrogens (tertiary/aromatic N) is 1. The van der Waals surface area contributed by atoms with Gasteiger partial charge in [-0.1, -0.05) is 48.5 Å². The van der Waals surface area contributed by atoms with Gasteiger partial charge in [-0.25, -0.2) is 0 Å². The second-order valence-electron chi connectivity index (χ2n) is 7.04. The maximum absolute atomic E-state index is 4.11. The molecule has 1 atom stereocenters. The van der Waals surface area contributed by atoms with E-state index in [0.29, 0.717) is 5.92 Å². The third kappa shape index (κ3) is 2.60. The first-order chi connectivity index (χ1) is 12.4. The van der Waals surface area contributed by atoms with Crippen LogP contribution in [0.2, 0.25) is 0 Å². The fourth-order valence-corrected chi connectivity index (χ4v) is 4.29. The van der Waals surface area contributed by atoms with Crippen LogP contribution in [-0.4, -0.2) is 4.98 Å². The van der Waals surface area contributed by atoms with Crippen LogP contribution >= 0.6 is 0 Å². The van der Waals surface area contributed by atoms with E-state index < -0.39 is 0 Å². The van der Waals surface area contributed by atoms with Crippen molar-refractivity contribution in [2.75, 3.05) is 0 Å². The van der Waals surface area contributed by atoms with Crippen LogP contribution in [0.15, 0.2) is 73.1 Å². The Bertz CT molecular complexity index is 1050. The Kier molecular flexibility index (Phi) is 3.52. The molecule has 3 aromatic carbocycles. The van der Waals surface area contributed by atoms with Crippen LogP contribution in [0.1, 0.15) is 23.1 Å². The standard InChI is InChI=1S/C24H20N/c1-2-4-21-19(3-1)6-9-24-22-8-5-18(15-17-11-13-25-14-12-17)16-20(22)7-10-23(21)24/h1-4,6-7,9-15,18H,5,8,16H2. The van der Waals surface area contributed by atoms with E-state index in [1.807, 2.05) is 12.4 Å². The van der Waals surface area contributed by atoms with Gasteiger partial charge in [-0.2, -0.15) is 0 Å². The summed E-state index contributed by atoms with van der Waals surface area (Å²) in [7, 11) is 0. The molecule has 1 nitrogen and oxygen atoms in total. The molecule has 0 aliphatic heterocycles. The van der Waals surface area contributed by atoms with Crippen LogP contribution in [0.4, 0.5) is 0 Å². The second kappa shape index (κ2) is 6.00. The Hall–Kier alpha value is -2.67. The molecule has 0 saturated carbocycles. The molecule has 1 unspecified atom stereocenters. The lowest BCUT2D eigenvalue weighted by Gasteiger charge is -2.26. The minimum Gasteiger partial charge on any atom is -0.265 e. The predicted octanol–water partition coefficient (Wildman–Crippen LogP) is 5.75. The smallest absolute Gasteiger partial charge is 0.0270 e. The number of aromatic nitrogens is 1. The summed E-state index contributed by atoms with van der Waals surface area (Å²) in [6.45, 7) is 0. The molecular weight excluding hydrogens is 302 g/mol. The molecule has 1 aliphatic carbocycles.